The molecule has 2 aromatic carbocycles. The van der Waals surface area contributed by atoms with Crippen molar-refractivity contribution in [2.24, 2.45) is 5.73 Å². The van der Waals surface area contributed by atoms with Crippen LogP contribution in [0, 0.1) is 20.2 Å². The number of rotatable bonds is 10. The Labute approximate surface area is 271 Å². The first kappa shape index (κ1) is 35.5. The predicted molar refractivity (Wildman–Crippen MR) is 169 cm³/mol. The molecule has 0 spiro atoms. The Kier molecular flexibility index (Phi) is 11.7. The maximum atomic E-state index is 13.9. The second-order valence-corrected chi connectivity index (χ2v) is 14.3. The van der Waals surface area contributed by atoms with Gasteiger partial charge >= 0.3 is 0 Å². The predicted octanol–water partition coefficient (Wildman–Crippen LogP) is 1.06. The van der Waals surface area contributed by atoms with Crippen LogP contribution in [0.5, 0.6) is 0 Å². The molecule has 19 heteroatoms. The third-order valence-corrected chi connectivity index (χ3v) is 11.1. The van der Waals surface area contributed by atoms with Crippen molar-refractivity contribution >= 4 is 37.3 Å². The molecule has 0 atom stereocenters. The molecule has 1 aliphatic heterocycles. The van der Waals surface area contributed by atoms with Crippen LogP contribution in [0.1, 0.15) is 17.8 Å². The molecule has 0 aliphatic carbocycles. The van der Waals surface area contributed by atoms with Gasteiger partial charge in [-0.2, -0.15) is 8.61 Å². The highest BCUT2D eigenvalue weighted by atomic mass is 32.2. The first-order valence-electron chi connectivity index (χ1n) is 14.5. The Morgan fingerprint density at radius 2 is 1.28 bits per heavy atom. The normalized spacial score (nSPS) is 15.9. The summed E-state index contributed by atoms with van der Waals surface area (Å²) in [5, 5.41) is 26.1. The molecule has 47 heavy (non-hydrogen) atoms. The van der Waals surface area contributed by atoms with E-state index in [1.54, 1.807) is 17.0 Å². The largest absolute Gasteiger partial charge is 0.354 e. The molecule has 1 amide bonds. The Hall–Kier alpha value is -4.40. The number of hydrogen-bond donors (Lipinski definition) is 2. The number of benzene rings is 2. The third kappa shape index (κ3) is 8.70. The highest BCUT2D eigenvalue weighted by Crippen LogP contribution is 2.29. The number of fused-ring (bicyclic) bond motifs is 2. The molecule has 4 rings (SSSR count). The van der Waals surface area contributed by atoms with Crippen molar-refractivity contribution in [2.45, 2.75) is 29.3 Å². The van der Waals surface area contributed by atoms with E-state index in [9.17, 15) is 41.9 Å². The molecular formula is C28H34N8O9S2. The summed E-state index contributed by atoms with van der Waals surface area (Å²) in [6.07, 6.45) is 0.153. The Morgan fingerprint density at radius 1 is 0.766 bits per heavy atom. The smallest absolute Gasteiger partial charge is 0.289 e. The number of aromatic nitrogens is 1. The lowest BCUT2D eigenvalue weighted by atomic mass is 10.3. The topological polar surface area (TPSA) is 232 Å². The van der Waals surface area contributed by atoms with Crippen molar-refractivity contribution in [1.29, 1.82) is 0 Å². The molecular weight excluding hydrogens is 656 g/mol. The molecule has 17 nitrogen and oxygen atoms in total. The average Bonchev–Trinajstić information content (AvgIpc) is 3.05. The number of carbonyl (C=O) groups is 1. The van der Waals surface area contributed by atoms with Crippen LogP contribution in [0.4, 0.5) is 11.4 Å². The van der Waals surface area contributed by atoms with Gasteiger partial charge < -0.3 is 11.1 Å². The number of hydrogen-bond acceptors (Lipinski definition) is 12. The van der Waals surface area contributed by atoms with Gasteiger partial charge in [0.15, 0.2) is 9.79 Å². The molecule has 252 valence electrons. The molecule has 1 aliphatic rings. The lowest BCUT2D eigenvalue weighted by Crippen LogP contribution is -2.44. The minimum absolute atomic E-state index is 0.00744. The number of carbonyl (C=O) groups excluding carboxylic acids is 1. The molecule has 0 unspecified atom stereocenters. The Balaban J connectivity index is 1.77. The maximum absolute atomic E-state index is 13.9. The SMILES string of the molecule is NCCNC(=O)CN1CCCN(S(=O)(=O)c2ccccc2[N+](=O)[O-])Cc2cccc(n2)CN(S(=O)(=O)c2ccccc2[N+](=O)[O-])CC1. The first-order valence-corrected chi connectivity index (χ1v) is 17.3. The third-order valence-electron chi connectivity index (χ3n) is 7.28. The number of para-hydroxylation sites is 2. The monoisotopic (exact) mass is 690 g/mol. The van der Waals surface area contributed by atoms with Crippen LogP contribution >= 0.6 is 0 Å². The summed E-state index contributed by atoms with van der Waals surface area (Å²) < 4.78 is 57.7. The number of nitro groups is 2. The molecule has 0 radical (unpaired) electrons. The number of nitrogens with two attached hydrogens (primary N) is 1. The first-order chi connectivity index (χ1) is 22.3. The summed E-state index contributed by atoms with van der Waals surface area (Å²) in [6.45, 7) is -0.589. The zero-order valence-electron chi connectivity index (χ0n) is 25.2. The second kappa shape index (κ2) is 15.5. The summed E-state index contributed by atoms with van der Waals surface area (Å²) in [6, 6.07) is 14.6. The lowest BCUT2D eigenvalue weighted by Gasteiger charge is -2.27. The number of nitrogens with zero attached hydrogens (tertiary/aromatic N) is 6. The molecule has 3 N–H and O–H groups in total. The fourth-order valence-corrected chi connectivity index (χ4v) is 8.20. The van der Waals surface area contributed by atoms with Crippen LogP contribution in [0.2, 0.25) is 0 Å². The standard InChI is InChI=1S/C28H34N8O9S2/c29-13-14-30-28(37)21-32-15-6-16-33(46(42,43)26-11-3-1-9-24(26)35(38)39)19-22-7-5-8-23(31-22)20-34(18-17-32)47(44,45)27-12-4-2-10-25(27)36(40)41/h1-5,7-12H,6,13-21,29H2,(H,30,37). The number of pyridine rings is 1. The quantitative estimate of drug-likeness (QED) is 0.225. The molecule has 2 heterocycles. The van der Waals surface area contributed by atoms with Crippen LogP contribution in [-0.4, -0.2) is 96.9 Å². The molecule has 1 aromatic heterocycles. The van der Waals surface area contributed by atoms with Crippen molar-refractivity contribution in [3.8, 4) is 0 Å². The van der Waals surface area contributed by atoms with Crippen molar-refractivity contribution < 1.29 is 31.5 Å². The summed E-state index contributed by atoms with van der Waals surface area (Å²) >= 11 is 0. The number of nitro benzene ring substituents is 2. The van der Waals surface area contributed by atoms with Gasteiger partial charge in [-0.05, 0) is 37.2 Å². The van der Waals surface area contributed by atoms with Crippen LogP contribution < -0.4 is 11.1 Å². The van der Waals surface area contributed by atoms with Crippen molar-refractivity contribution in [1.82, 2.24) is 23.8 Å². The molecule has 2 bridgehead atoms. The van der Waals surface area contributed by atoms with E-state index in [1.807, 2.05) is 0 Å². The van der Waals surface area contributed by atoms with Gasteiger partial charge in [0.05, 0.1) is 40.9 Å². The number of amides is 1. The lowest BCUT2D eigenvalue weighted by molar-refractivity contribution is -0.388. The van der Waals surface area contributed by atoms with E-state index in [4.69, 9.17) is 5.73 Å². The fourth-order valence-electron chi connectivity index (χ4n) is 5.03. The second-order valence-electron chi connectivity index (χ2n) is 10.5. The van der Waals surface area contributed by atoms with Crippen molar-refractivity contribution in [2.75, 3.05) is 45.8 Å². The van der Waals surface area contributed by atoms with Gasteiger partial charge in [0.2, 0.25) is 26.0 Å². The van der Waals surface area contributed by atoms with E-state index in [0.717, 1.165) is 32.9 Å². The van der Waals surface area contributed by atoms with E-state index in [1.165, 1.54) is 30.3 Å². The maximum Gasteiger partial charge on any atom is 0.289 e. The van der Waals surface area contributed by atoms with Crippen molar-refractivity contribution in [3.63, 3.8) is 0 Å². The Bertz CT molecular complexity index is 1840. The van der Waals surface area contributed by atoms with E-state index in [0.29, 0.717) is 0 Å². The zero-order valence-corrected chi connectivity index (χ0v) is 26.8. The highest BCUT2D eigenvalue weighted by Gasteiger charge is 2.34. The van der Waals surface area contributed by atoms with E-state index in [2.05, 4.69) is 10.3 Å². The van der Waals surface area contributed by atoms with Crippen molar-refractivity contribution in [3.05, 3.63) is 98.3 Å². The van der Waals surface area contributed by atoms with Gasteiger partial charge in [-0.3, -0.25) is 34.9 Å². The van der Waals surface area contributed by atoms with Crippen LogP contribution in [0.15, 0.2) is 76.5 Å². The summed E-state index contributed by atoms with van der Waals surface area (Å²) in [7, 11) is -8.91. The van der Waals surface area contributed by atoms with Crippen LogP contribution in [0.25, 0.3) is 0 Å². The van der Waals surface area contributed by atoms with E-state index < -0.39 is 57.0 Å². The van der Waals surface area contributed by atoms with Gasteiger partial charge in [0.25, 0.3) is 11.4 Å². The van der Waals surface area contributed by atoms with Gasteiger partial charge in [-0.1, -0.05) is 30.3 Å². The van der Waals surface area contributed by atoms with E-state index in [-0.39, 0.29) is 76.7 Å². The number of sulfonamides is 2. The van der Waals surface area contributed by atoms with E-state index >= 15 is 0 Å². The van der Waals surface area contributed by atoms with Gasteiger partial charge in [0, 0.05) is 44.9 Å². The average molecular weight is 691 g/mol. The summed E-state index contributed by atoms with van der Waals surface area (Å²) in [5.41, 5.74) is 4.76. The minimum Gasteiger partial charge on any atom is -0.354 e. The zero-order chi connectivity index (χ0) is 34.2. The van der Waals surface area contributed by atoms with Gasteiger partial charge in [0.1, 0.15) is 0 Å². The van der Waals surface area contributed by atoms with Gasteiger partial charge in [-0.15, -0.1) is 0 Å². The number of nitrogens with one attached hydrogen (secondary N) is 1. The molecule has 0 saturated carbocycles. The minimum atomic E-state index is -4.48. The summed E-state index contributed by atoms with van der Waals surface area (Å²) in [4.78, 5) is 39.6. The Morgan fingerprint density at radius 3 is 1.79 bits per heavy atom. The molecule has 0 fully saturated rings. The molecule has 3 aromatic rings. The van der Waals surface area contributed by atoms with Crippen LogP contribution in [0.3, 0.4) is 0 Å². The van der Waals surface area contributed by atoms with Gasteiger partial charge in [-0.25, -0.2) is 16.8 Å². The summed E-state index contributed by atoms with van der Waals surface area (Å²) in [5.74, 6) is -0.398. The van der Waals surface area contributed by atoms with Crippen LogP contribution in [-0.2, 0) is 37.9 Å². The highest BCUT2D eigenvalue weighted by molar-refractivity contribution is 7.89. The molecule has 0 saturated heterocycles. The fraction of sp³-hybridized carbons (Fsp3) is 0.357.